The number of aryl methyl sites for hydroxylation is 2. The molecule has 0 unspecified atom stereocenters. The van der Waals surface area contributed by atoms with Crippen LogP contribution in [0.5, 0.6) is 0 Å². The monoisotopic (exact) mass is 523 g/mol. The number of hydrogen-bond donors (Lipinski definition) is 1. The molecule has 0 spiro atoms. The summed E-state index contributed by atoms with van der Waals surface area (Å²) >= 11 is 3.49. The van der Waals surface area contributed by atoms with Gasteiger partial charge in [0.05, 0.1) is 10.8 Å². The molecule has 0 atom stereocenters. The van der Waals surface area contributed by atoms with E-state index in [1.54, 1.807) is 18.2 Å². The van der Waals surface area contributed by atoms with Crippen LogP contribution in [0.3, 0.4) is 0 Å². The number of aromatic nitrogens is 3. The normalized spacial score (nSPS) is 11.1. The quantitative estimate of drug-likeness (QED) is 0.307. The number of esters is 1. The first-order valence-electron chi connectivity index (χ1n) is 10.5. The van der Waals surface area contributed by atoms with Crippen LogP contribution in [0.15, 0.2) is 62.6 Å². The number of ketones is 1. The average Bonchev–Trinajstić information content (AvgIpc) is 3.11. The molecule has 0 radical (unpaired) electrons. The van der Waals surface area contributed by atoms with E-state index in [0.717, 1.165) is 31.8 Å². The summed E-state index contributed by atoms with van der Waals surface area (Å²) in [6.07, 6.45) is 0. The zero-order valence-corrected chi connectivity index (χ0v) is 20.4. The first kappa shape index (κ1) is 23.4. The second-order valence-corrected chi connectivity index (χ2v) is 8.87. The van der Waals surface area contributed by atoms with Crippen LogP contribution in [-0.4, -0.2) is 32.7 Å². The lowest BCUT2D eigenvalue weighted by atomic mass is 10.1. The second kappa shape index (κ2) is 9.26. The van der Waals surface area contributed by atoms with Crippen molar-refractivity contribution in [3.8, 4) is 5.69 Å². The Morgan fingerprint density at radius 1 is 1.00 bits per heavy atom. The number of fused-ring (bicyclic) bond motifs is 1. The zero-order chi connectivity index (χ0) is 24.6. The van der Waals surface area contributed by atoms with Crippen LogP contribution >= 0.6 is 15.9 Å². The van der Waals surface area contributed by atoms with E-state index in [1.165, 1.54) is 12.1 Å². The molecule has 2 heterocycles. The topological polar surface area (TPSA) is 103 Å². The maximum absolute atomic E-state index is 12.8. The minimum absolute atomic E-state index is 0.200. The van der Waals surface area contributed by atoms with Crippen LogP contribution in [0, 0.1) is 20.8 Å². The highest BCUT2D eigenvalue weighted by Gasteiger charge is 2.19. The molecule has 9 heteroatoms. The van der Waals surface area contributed by atoms with Crippen molar-refractivity contribution < 1.29 is 14.3 Å². The third-order valence-electron chi connectivity index (χ3n) is 5.67. The van der Waals surface area contributed by atoms with Crippen LogP contribution in [0.1, 0.15) is 27.3 Å². The van der Waals surface area contributed by atoms with E-state index in [-0.39, 0.29) is 16.6 Å². The molecule has 0 aliphatic rings. The van der Waals surface area contributed by atoms with Crippen molar-refractivity contribution in [2.24, 2.45) is 0 Å². The van der Waals surface area contributed by atoms with Crippen molar-refractivity contribution in [1.29, 1.82) is 0 Å². The Kier molecular flexibility index (Phi) is 6.39. The Morgan fingerprint density at radius 2 is 1.71 bits per heavy atom. The summed E-state index contributed by atoms with van der Waals surface area (Å²) < 4.78 is 8.98. The number of Topliss-reactive ketones (excluding diaryl/α,β-unsaturated/α-hetero) is 1. The highest BCUT2D eigenvalue weighted by molar-refractivity contribution is 9.10. The highest BCUT2D eigenvalue weighted by atomic mass is 79.9. The van der Waals surface area contributed by atoms with Gasteiger partial charge in [-0.3, -0.25) is 24.3 Å². The molecule has 0 aliphatic heterocycles. The molecule has 0 saturated carbocycles. The zero-order valence-electron chi connectivity index (χ0n) is 18.8. The van der Waals surface area contributed by atoms with Crippen molar-refractivity contribution in [2.75, 3.05) is 6.61 Å². The third-order valence-corrected chi connectivity index (χ3v) is 6.56. The molecule has 2 aromatic carbocycles. The number of carbonyl (C=O) groups is 2. The molecule has 2 aromatic heterocycles. The molecule has 0 fully saturated rings. The summed E-state index contributed by atoms with van der Waals surface area (Å²) in [7, 11) is 0. The SMILES string of the molecule is Cc1cc(-n2c(C)cc(C(=O)COC(=O)Cn3[nH]c(=O)c4ccccc4c3=O)c2C)ccc1Br. The van der Waals surface area contributed by atoms with E-state index in [0.29, 0.717) is 5.56 Å². The maximum atomic E-state index is 12.8. The number of nitrogens with one attached hydrogen (secondary N) is 1. The van der Waals surface area contributed by atoms with Gasteiger partial charge >= 0.3 is 5.97 Å². The van der Waals surface area contributed by atoms with Gasteiger partial charge in [0.15, 0.2) is 6.61 Å². The van der Waals surface area contributed by atoms with Gasteiger partial charge in [-0.25, -0.2) is 4.68 Å². The predicted octanol–water partition coefficient (Wildman–Crippen LogP) is 3.59. The third kappa shape index (κ3) is 4.38. The van der Waals surface area contributed by atoms with Crippen molar-refractivity contribution in [3.63, 3.8) is 0 Å². The number of carbonyl (C=O) groups excluding carboxylic acids is 2. The van der Waals surface area contributed by atoms with Crippen LogP contribution in [0.25, 0.3) is 16.5 Å². The summed E-state index contributed by atoms with van der Waals surface area (Å²) in [5.74, 6) is -1.17. The summed E-state index contributed by atoms with van der Waals surface area (Å²) in [4.78, 5) is 49.9. The fraction of sp³-hybridized carbons (Fsp3) is 0.200. The fourth-order valence-corrected chi connectivity index (χ4v) is 4.21. The maximum Gasteiger partial charge on any atom is 0.328 e. The van der Waals surface area contributed by atoms with Crippen LogP contribution < -0.4 is 11.1 Å². The molecule has 0 amide bonds. The summed E-state index contributed by atoms with van der Waals surface area (Å²) in [5, 5.41) is 2.81. The summed E-state index contributed by atoms with van der Waals surface area (Å²) in [6.45, 7) is 4.73. The van der Waals surface area contributed by atoms with Gasteiger partial charge in [-0.05, 0) is 62.7 Å². The van der Waals surface area contributed by atoms with Crippen molar-refractivity contribution >= 4 is 38.5 Å². The molecule has 4 rings (SSSR count). The first-order valence-corrected chi connectivity index (χ1v) is 11.3. The van der Waals surface area contributed by atoms with E-state index in [1.807, 2.05) is 43.5 Å². The number of nitrogens with zero attached hydrogens (tertiary/aromatic N) is 2. The van der Waals surface area contributed by atoms with Gasteiger partial charge in [-0.15, -0.1) is 0 Å². The van der Waals surface area contributed by atoms with Crippen molar-refractivity contribution in [2.45, 2.75) is 27.3 Å². The molecule has 4 aromatic rings. The van der Waals surface area contributed by atoms with Gasteiger partial charge in [0, 0.05) is 27.1 Å². The largest absolute Gasteiger partial charge is 0.456 e. The van der Waals surface area contributed by atoms with Gasteiger partial charge < -0.3 is 9.30 Å². The van der Waals surface area contributed by atoms with Crippen LogP contribution in [0.2, 0.25) is 0 Å². The summed E-state index contributed by atoms with van der Waals surface area (Å²) in [5.41, 5.74) is 3.02. The molecule has 1 N–H and O–H groups in total. The number of ether oxygens (including phenoxy) is 1. The second-order valence-electron chi connectivity index (χ2n) is 8.02. The Balaban J connectivity index is 1.49. The summed E-state index contributed by atoms with van der Waals surface area (Å²) in [6, 6.07) is 14.0. The van der Waals surface area contributed by atoms with E-state index in [2.05, 4.69) is 21.0 Å². The van der Waals surface area contributed by atoms with Gasteiger partial charge in [0.2, 0.25) is 5.78 Å². The molecule has 34 heavy (non-hydrogen) atoms. The highest BCUT2D eigenvalue weighted by Crippen LogP contribution is 2.25. The lowest BCUT2D eigenvalue weighted by Gasteiger charge is -2.12. The molecule has 8 nitrogen and oxygen atoms in total. The number of aromatic amines is 1. The van der Waals surface area contributed by atoms with Crippen molar-refractivity contribution in [1.82, 2.24) is 14.3 Å². The van der Waals surface area contributed by atoms with Gasteiger partial charge in [-0.1, -0.05) is 28.1 Å². The standard InChI is InChI=1S/C25H22BrN3O5/c1-14-10-17(8-9-21(14)26)29-15(2)11-20(16(29)3)22(30)13-34-23(31)12-28-25(33)19-7-5-4-6-18(19)24(32)27-28/h4-11H,12-13H2,1-3H3,(H,27,32). The van der Waals surface area contributed by atoms with Crippen LogP contribution in [-0.2, 0) is 16.1 Å². The number of H-pyrrole nitrogens is 1. The molecule has 0 aliphatic carbocycles. The lowest BCUT2D eigenvalue weighted by Crippen LogP contribution is -2.33. The van der Waals surface area contributed by atoms with Gasteiger partial charge in [0.1, 0.15) is 6.54 Å². The number of hydrogen-bond acceptors (Lipinski definition) is 5. The lowest BCUT2D eigenvalue weighted by molar-refractivity contribution is -0.143. The average molecular weight is 524 g/mol. The smallest absolute Gasteiger partial charge is 0.328 e. The number of benzene rings is 2. The molecular formula is C25H22BrN3O5. The molecule has 0 saturated heterocycles. The number of rotatable bonds is 6. The Bertz CT molecular complexity index is 1560. The van der Waals surface area contributed by atoms with Gasteiger partial charge in [-0.2, -0.15) is 0 Å². The molecular weight excluding hydrogens is 502 g/mol. The fourth-order valence-electron chi connectivity index (χ4n) is 3.97. The van der Waals surface area contributed by atoms with E-state index >= 15 is 0 Å². The minimum atomic E-state index is -0.807. The van der Waals surface area contributed by atoms with Crippen molar-refractivity contribution in [3.05, 3.63) is 96.2 Å². The van der Waals surface area contributed by atoms with E-state index in [9.17, 15) is 19.2 Å². The Labute approximate surface area is 202 Å². The first-order chi connectivity index (χ1) is 16.2. The van der Waals surface area contributed by atoms with Crippen LogP contribution in [0.4, 0.5) is 0 Å². The number of halogens is 1. The Hall–Kier alpha value is -3.72. The molecule has 0 bridgehead atoms. The minimum Gasteiger partial charge on any atom is -0.456 e. The predicted molar refractivity (Wildman–Crippen MR) is 132 cm³/mol. The van der Waals surface area contributed by atoms with E-state index in [4.69, 9.17) is 4.74 Å². The van der Waals surface area contributed by atoms with Gasteiger partial charge in [0.25, 0.3) is 11.1 Å². The molecule has 174 valence electrons. The van der Waals surface area contributed by atoms with E-state index < -0.39 is 30.2 Å². The Morgan fingerprint density at radius 3 is 2.41 bits per heavy atom.